The van der Waals surface area contributed by atoms with Gasteiger partial charge in [0.1, 0.15) is 5.75 Å². The van der Waals surface area contributed by atoms with E-state index in [-0.39, 0.29) is 0 Å². The maximum Gasteiger partial charge on any atom is 0.128 e. The molecule has 0 fully saturated rings. The van der Waals surface area contributed by atoms with Gasteiger partial charge in [0.2, 0.25) is 0 Å². The average Bonchev–Trinajstić information content (AvgIpc) is 2.75. The monoisotopic (exact) mass is 351 g/mol. The standard InChI is InChI=1S/C25H21NO/c1-27-23-17-16-20-12-8-9-15-22(20)24(23)25(21-13-6-3-7-14-21)26-18-19-10-4-2-5-11-19/h2-17H,18H2,1H3. The Morgan fingerprint density at radius 3 is 2.15 bits per heavy atom. The number of methoxy groups -OCH3 is 1. The lowest BCUT2D eigenvalue weighted by molar-refractivity contribution is 0.414. The van der Waals surface area contributed by atoms with Crippen LogP contribution in [-0.4, -0.2) is 12.8 Å². The van der Waals surface area contributed by atoms with Crippen molar-refractivity contribution in [2.24, 2.45) is 4.99 Å². The molecule has 0 amide bonds. The van der Waals surface area contributed by atoms with Crippen LogP contribution in [0.3, 0.4) is 0 Å². The Morgan fingerprint density at radius 1 is 0.741 bits per heavy atom. The Kier molecular flexibility index (Phi) is 4.97. The van der Waals surface area contributed by atoms with Gasteiger partial charge in [0.25, 0.3) is 0 Å². The van der Waals surface area contributed by atoms with Crippen molar-refractivity contribution in [3.05, 3.63) is 114 Å². The Labute approximate surface area is 159 Å². The second-order valence-electron chi connectivity index (χ2n) is 6.38. The third-order valence-corrected chi connectivity index (χ3v) is 4.66. The first-order valence-corrected chi connectivity index (χ1v) is 9.07. The van der Waals surface area contributed by atoms with Crippen LogP contribution in [0, 0.1) is 0 Å². The molecule has 4 aromatic rings. The molecule has 0 aliphatic heterocycles. The van der Waals surface area contributed by atoms with E-state index in [1.165, 1.54) is 10.9 Å². The molecule has 0 saturated carbocycles. The molecule has 0 radical (unpaired) electrons. The molecule has 0 N–H and O–H groups in total. The van der Waals surface area contributed by atoms with Crippen molar-refractivity contribution < 1.29 is 4.74 Å². The van der Waals surface area contributed by atoms with Crippen LogP contribution >= 0.6 is 0 Å². The van der Waals surface area contributed by atoms with Crippen molar-refractivity contribution >= 4 is 16.5 Å². The van der Waals surface area contributed by atoms with Gasteiger partial charge in [0, 0.05) is 5.56 Å². The van der Waals surface area contributed by atoms with E-state index in [1.54, 1.807) is 7.11 Å². The van der Waals surface area contributed by atoms with Gasteiger partial charge in [-0.25, -0.2) is 0 Å². The van der Waals surface area contributed by atoms with Crippen LogP contribution in [0.5, 0.6) is 5.75 Å². The van der Waals surface area contributed by atoms with E-state index >= 15 is 0 Å². The molecule has 27 heavy (non-hydrogen) atoms. The number of hydrogen-bond donors (Lipinski definition) is 0. The van der Waals surface area contributed by atoms with Gasteiger partial charge in [-0.15, -0.1) is 0 Å². The summed E-state index contributed by atoms with van der Waals surface area (Å²) in [6.07, 6.45) is 0. The lowest BCUT2D eigenvalue weighted by Gasteiger charge is -2.15. The zero-order chi connectivity index (χ0) is 18.5. The Hall–Kier alpha value is -3.39. The van der Waals surface area contributed by atoms with Gasteiger partial charge in [-0.2, -0.15) is 0 Å². The Morgan fingerprint density at radius 2 is 1.41 bits per heavy atom. The highest BCUT2D eigenvalue weighted by Crippen LogP contribution is 2.31. The second-order valence-corrected chi connectivity index (χ2v) is 6.38. The minimum Gasteiger partial charge on any atom is -0.496 e. The lowest BCUT2D eigenvalue weighted by Crippen LogP contribution is -2.07. The maximum atomic E-state index is 5.73. The van der Waals surface area contributed by atoms with Crippen molar-refractivity contribution in [2.45, 2.75) is 6.54 Å². The van der Waals surface area contributed by atoms with Crippen LogP contribution in [-0.2, 0) is 6.54 Å². The maximum absolute atomic E-state index is 5.73. The van der Waals surface area contributed by atoms with E-state index in [1.807, 2.05) is 42.5 Å². The predicted molar refractivity (Wildman–Crippen MR) is 113 cm³/mol. The summed E-state index contributed by atoms with van der Waals surface area (Å²) in [5.74, 6) is 0.837. The number of rotatable bonds is 5. The van der Waals surface area contributed by atoms with Crippen LogP contribution in [0.1, 0.15) is 16.7 Å². The summed E-state index contributed by atoms with van der Waals surface area (Å²) < 4.78 is 5.73. The highest BCUT2D eigenvalue weighted by atomic mass is 16.5. The summed E-state index contributed by atoms with van der Waals surface area (Å²) in [5.41, 5.74) is 4.26. The normalized spacial score (nSPS) is 11.5. The fraction of sp³-hybridized carbons (Fsp3) is 0.0800. The molecule has 0 aliphatic rings. The average molecular weight is 351 g/mol. The summed E-state index contributed by atoms with van der Waals surface area (Å²) in [7, 11) is 1.72. The van der Waals surface area contributed by atoms with E-state index in [9.17, 15) is 0 Å². The molecule has 0 bridgehead atoms. The third kappa shape index (κ3) is 3.61. The minimum absolute atomic E-state index is 0.622. The molecule has 4 aromatic carbocycles. The number of fused-ring (bicyclic) bond motifs is 1. The van der Waals surface area contributed by atoms with Crippen LogP contribution in [0.25, 0.3) is 10.8 Å². The van der Waals surface area contributed by atoms with Crippen molar-refractivity contribution in [3.8, 4) is 5.75 Å². The predicted octanol–water partition coefficient (Wildman–Crippen LogP) is 5.89. The Bertz CT molecular complexity index is 1070. The number of nitrogens with zero attached hydrogens (tertiary/aromatic N) is 1. The number of ether oxygens (including phenoxy) is 1. The molecule has 4 rings (SSSR count). The number of benzene rings is 4. The van der Waals surface area contributed by atoms with Crippen molar-refractivity contribution in [3.63, 3.8) is 0 Å². The molecular weight excluding hydrogens is 330 g/mol. The molecule has 0 heterocycles. The number of hydrogen-bond acceptors (Lipinski definition) is 2. The van der Waals surface area contributed by atoms with Crippen molar-refractivity contribution in [1.29, 1.82) is 0 Å². The summed E-state index contributed by atoms with van der Waals surface area (Å²) in [6.45, 7) is 0.622. The fourth-order valence-electron chi connectivity index (χ4n) is 3.33. The first-order valence-electron chi connectivity index (χ1n) is 9.07. The molecule has 2 heteroatoms. The van der Waals surface area contributed by atoms with Gasteiger partial charge in [0.05, 0.1) is 24.9 Å². The van der Waals surface area contributed by atoms with Crippen LogP contribution in [0.2, 0.25) is 0 Å². The highest BCUT2D eigenvalue weighted by molar-refractivity contribution is 6.21. The smallest absolute Gasteiger partial charge is 0.128 e. The zero-order valence-electron chi connectivity index (χ0n) is 15.3. The first kappa shape index (κ1) is 17.0. The topological polar surface area (TPSA) is 21.6 Å². The zero-order valence-corrected chi connectivity index (χ0v) is 15.3. The molecular formula is C25H21NO. The van der Waals surface area contributed by atoms with E-state index in [0.717, 1.165) is 28.0 Å². The van der Waals surface area contributed by atoms with Crippen LogP contribution in [0.15, 0.2) is 102 Å². The summed E-state index contributed by atoms with van der Waals surface area (Å²) >= 11 is 0. The molecule has 2 nitrogen and oxygen atoms in total. The molecule has 132 valence electrons. The SMILES string of the molecule is COc1ccc2ccccc2c1C(=NCc1ccccc1)c1ccccc1. The van der Waals surface area contributed by atoms with Crippen LogP contribution < -0.4 is 4.74 Å². The summed E-state index contributed by atoms with van der Waals surface area (Å²) in [4.78, 5) is 5.03. The van der Waals surface area contributed by atoms with Gasteiger partial charge in [-0.05, 0) is 22.4 Å². The van der Waals surface area contributed by atoms with E-state index in [0.29, 0.717) is 6.54 Å². The fourth-order valence-corrected chi connectivity index (χ4v) is 3.33. The van der Waals surface area contributed by atoms with Gasteiger partial charge in [-0.1, -0.05) is 91.0 Å². The van der Waals surface area contributed by atoms with Crippen molar-refractivity contribution in [1.82, 2.24) is 0 Å². The molecule has 0 unspecified atom stereocenters. The Balaban J connectivity index is 1.93. The second kappa shape index (κ2) is 7.88. The van der Waals surface area contributed by atoms with Crippen LogP contribution in [0.4, 0.5) is 0 Å². The molecule has 0 spiro atoms. The summed E-state index contributed by atoms with van der Waals surface area (Å²) in [5, 5.41) is 2.32. The molecule has 0 atom stereocenters. The minimum atomic E-state index is 0.622. The van der Waals surface area contributed by atoms with E-state index < -0.39 is 0 Å². The summed E-state index contributed by atoms with van der Waals surface area (Å²) in [6, 6.07) is 33.1. The van der Waals surface area contributed by atoms with E-state index in [4.69, 9.17) is 9.73 Å². The van der Waals surface area contributed by atoms with Gasteiger partial charge in [-0.3, -0.25) is 4.99 Å². The van der Waals surface area contributed by atoms with Gasteiger partial charge >= 0.3 is 0 Å². The van der Waals surface area contributed by atoms with Gasteiger partial charge < -0.3 is 4.74 Å². The largest absolute Gasteiger partial charge is 0.496 e. The first-order chi connectivity index (χ1) is 13.4. The molecule has 0 saturated heterocycles. The molecule has 0 aromatic heterocycles. The highest BCUT2D eigenvalue weighted by Gasteiger charge is 2.16. The quantitative estimate of drug-likeness (QED) is 0.411. The molecule has 0 aliphatic carbocycles. The lowest BCUT2D eigenvalue weighted by atomic mass is 9.95. The van der Waals surface area contributed by atoms with E-state index in [2.05, 4.69) is 54.6 Å². The third-order valence-electron chi connectivity index (χ3n) is 4.66. The van der Waals surface area contributed by atoms with Gasteiger partial charge in [0.15, 0.2) is 0 Å². The van der Waals surface area contributed by atoms with Crippen molar-refractivity contribution in [2.75, 3.05) is 7.11 Å². The number of aliphatic imine (C=N–C) groups is 1.